The Morgan fingerprint density at radius 3 is 3.00 bits per heavy atom. The van der Waals surface area contributed by atoms with E-state index in [2.05, 4.69) is 10.2 Å². The zero-order valence-corrected chi connectivity index (χ0v) is 9.07. The Kier molecular flexibility index (Phi) is 2.76. The third-order valence-corrected chi connectivity index (χ3v) is 4.31. The second-order valence-electron chi connectivity index (χ2n) is 3.69. The Morgan fingerprint density at radius 1 is 1.60 bits per heavy atom. The summed E-state index contributed by atoms with van der Waals surface area (Å²) < 4.78 is 25.4. The number of rotatable bonds is 2. The SMILES string of the molecule is NC1CCCN(S(=O)(=O)c2ccn[nH]2)C1. The van der Waals surface area contributed by atoms with Crippen LogP contribution in [-0.4, -0.2) is 42.1 Å². The first-order chi connectivity index (χ1) is 7.10. The number of nitrogens with one attached hydrogen (secondary N) is 1. The molecule has 1 atom stereocenters. The van der Waals surface area contributed by atoms with Gasteiger partial charge in [-0.15, -0.1) is 0 Å². The average Bonchev–Trinajstić information content (AvgIpc) is 2.71. The zero-order chi connectivity index (χ0) is 10.9. The molecule has 0 radical (unpaired) electrons. The fourth-order valence-corrected chi connectivity index (χ4v) is 3.15. The predicted octanol–water partition coefficient (Wildman–Crippen LogP) is -0.479. The molecule has 0 amide bonds. The van der Waals surface area contributed by atoms with Gasteiger partial charge in [0, 0.05) is 19.1 Å². The quantitative estimate of drug-likeness (QED) is 0.718. The minimum atomic E-state index is -3.42. The number of aromatic nitrogens is 2. The summed E-state index contributed by atoms with van der Waals surface area (Å²) >= 11 is 0. The summed E-state index contributed by atoms with van der Waals surface area (Å²) in [7, 11) is -3.42. The summed E-state index contributed by atoms with van der Waals surface area (Å²) in [5, 5.41) is 6.25. The number of piperidine rings is 1. The van der Waals surface area contributed by atoms with Gasteiger partial charge in [-0.25, -0.2) is 8.42 Å². The van der Waals surface area contributed by atoms with Gasteiger partial charge < -0.3 is 5.73 Å². The lowest BCUT2D eigenvalue weighted by Crippen LogP contribution is -2.45. The monoisotopic (exact) mass is 230 g/mol. The molecule has 1 aromatic rings. The van der Waals surface area contributed by atoms with Gasteiger partial charge in [0.05, 0.1) is 6.20 Å². The van der Waals surface area contributed by atoms with Crippen LogP contribution in [0.4, 0.5) is 0 Å². The zero-order valence-electron chi connectivity index (χ0n) is 8.26. The van der Waals surface area contributed by atoms with Crippen LogP contribution in [-0.2, 0) is 10.0 Å². The maximum atomic E-state index is 12.0. The fourth-order valence-electron chi connectivity index (χ4n) is 1.72. The van der Waals surface area contributed by atoms with E-state index in [-0.39, 0.29) is 11.1 Å². The Labute approximate surface area is 88.5 Å². The standard InChI is InChI=1S/C8H14N4O2S/c9-7-2-1-5-12(6-7)15(13,14)8-3-4-10-11-8/h3-4,7H,1-2,5-6,9H2,(H,10,11). The lowest BCUT2D eigenvalue weighted by Gasteiger charge is -2.29. The number of sulfonamides is 1. The summed E-state index contributed by atoms with van der Waals surface area (Å²) in [4.78, 5) is 0. The molecule has 7 heteroatoms. The minimum absolute atomic E-state index is 0.0588. The van der Waals surface area contributed by atoms with Crippen molar-refractivity contribution < 1.29 is 8.42 Å². The molecule has 6 nitrogen and oxygen atoms in total. The largest absolute Gasteiger partial charge is 0.327 e. The molecule has 1 aliphatic heterocycles. The van der Waals surface area contributed by atoms with Crippen LogP contribution in [0.3, 0.4) is 0 Å². The van der Waals surface area contributed by atoms with Crippen LogP contribution < -0.4 is 5.73 Å². The summed E-state index contributed by atoms with van der Waals surface area (Å²) in [5.74, 6) is 0. The first-order valence-corrected chi connectivity index (χ1v) is 6.30. The predicted molar refractivity (Wildman–Crippen MR) is 54.6 cm³/mol. The van der Waals surface area contributed by atoms with E-state index in [0.29, 0.717) is 13.1 Å². The number of nitrogens with two attached hydrogens (primary N) is 1. The normalized spacial score (nSPS) is 24.2. The van der Waals surface area contributed by atoms with Gasteiger partial charge in [-0.05, 0) is 18.9 Å². The van der Waals surface area contributed by atoms with E-state index in [9.17, 15) is 8.42 Å². The van der Waals surface area contributed by atoms with Gasteiger partial charge in [0.15, 0.2) is 5.03 Å². The topological polar surface area (TPSA) is 92.1 Å². The van der Waals surface area contributed by atoms with Crippen LogP contribution in [0.25, 0.3) is 0 Å². The first kappa shape index (κ1) is 10.6. The molecule has 1 saturated heterocycles. The summed E-state index contributed by atoms with van der Waals surface area (Å²) in [6, 6.07) is 1.39. The van der Waals surface area contributed by atoms with Gasteiger partial charge in [0.2, 0.25) is 0 Å². The van der Waals surface area contributed by atoms with Crippen LogP contribution >= 0.6 is 0 Å². The van der Waals surface area contributed by atoms with Crippen molar-refractivity contribution in [1.29, 1.82) is 0 Å². The Bertz CT molecular complexity index is 414. The van der Waals surface area contributed by atoms with Crippen molar-refractivity contribution in [2.45, 2.75) is 23.9 Å². The maximum Gasteiger partial charge on any atom is 0.260 e. The van der Waals surface area contributed by atoms with Crippen LogP contribution in [0, 0.1) is 0 Å². The molecular weight excluding hydrogens is 216 g/mol. The molecule has 1 aliphatic rings. The Balaban J connectivity index is 2.22. The molecule has 0 aliphatic carbocycles. The molecule has 2 rings (SSSR count). The molecule has 1 aromatic heterocycles. The van der Waals surface area contributed by atoms with Gasteiger partial charge in [0.1, 0.15) is 0 Å². The van der Waals surface area contributed by atoms with Gasteiger partial charge >= 0.3 is 0 Å². The fraction of sp³-hybridized carbons (Fsp3) is 0.625. The van der Waals surface area contributed by atoms with Crippen molar-refractivity contribution in [2.24, 2.45) is 5.73 Å². The van der Waals surface area contributed by atoms with Gasteiger partial charge in [-0.3, -0.25) is 5.10 Å². The van der Waals surface area contributed by atoms with E-state index < -0.39 is 10.0 Å². The van der Waals surface area contributed by atoms with Crippen molar-refractivity contribution in [3.8, 4) is 0 Å². The van der Waals surface area contributed by atoms with Crippen molar-refractivity contribution in [3.63, 3.8) is 0 Å². The number of H-pyrrole nitrogens is 1. The molecule has 0 aromatic carbocycles. The minimum Gasteiger partial charge on any atom is -0.327 e. The third-order valence-electron chi connectivity index (χ3n) is 2.51. The van der Waals surface area contributed by atoms with Crippen molar-refractivity contribution in [1.82, 2.24) is 14.5 Å². The van der Waals surface area contributed by atoms with E-state index in [1.54, 1.807) is 0 Å². The van der Waals surface area contributed by atoms with E-state index in [1.807, 2.05) is 0 Å². The van der Waals surface area contributed by atoms with Crippen LogP contribution in [0.1, 0.15) is 12.8 Å². The summed E-state index contributed by atoms with van der Waals surface area (Å²) in [6.45, 7) is 0.927. The van der Waals surface area contributed by atoms with Crippen LogP contribution in [0.15, 0.2) is 17.3 Å². The van der Waals surface area contributed by atoms with Gasteiger partial charge in [-0.2, -0.15) is 9.40 Å². The Morgan fingerprint density at radius 2 is 2.40 bits per heavy atom. The summed E-state index contributed by atoms with van der Waals surface area (Å²) in [6.07, 6.45) is 3.13. The number of hydrogen-bond acceptors (Lipinski definition) is 4. The molecule has 15 heavy (non-hydrogen) atoms. The second-order valence-corrected chi connectivity index (χ2v) is 5.59. The maximum absolute atomic E-state index is 12.0. The molecule has 1 unspecified atom stereocenters. The Hall–Kier alpha value is -0.920. The van der Waals surface area contributed by atoms with Crippen molar-refractivity contribution in [3.05, 3.63) is 12.3 Å². The summed E-state index contributed by atoms with van der Waals surface area (Å²) in [5.41, 5.74) is 5.74. The van der Waals surface area contributed by atoms with Crippen LogP contribution in [0.2, 0.25) is 0 Å². The second kappa shape index (κ2) is 3.92. The lowest BCUT2D eigenvalue weighted by atomic mass is 10.1. The highest BCUT2D eigenvalue weighted by Gasteiger charge is 2.29. The van der Waals surface area contributed by atoms with E-state index in [0.717, 1.165) is 12.8 Å². The third kappa shape index (κ3) is 2.04. The molecule has 84 valence electrons. The van der Waals surface area contributed by atoms with Gasteiger partial charge in [0.25, 0.3) is 10.0 Å². The molecule has 0 spiro atoms. The molecule has 0 bridgehead atoms. The van der Waals surface area contributed by atoms with Crippen molar-refractivity contribution >= 4 is 10.0 Å². The highest BCUT2D eigenvalue weighted by atomic mass is 32.2. The lowest BCUT2D eigenvalue weighted by molar-refractivity contribution is 0.315. The van der Waals surface area contributed by atoms with E-state index in [1.165, 1.54) is 16.6 Å². The van der Waals surface area contributed by atoms with E-state index in [4.69, 9.17) is 5.73 Å². The molecule has 3 N–H and O–H groups in total. The molecule has 2 heterocycles. The van der Waals surface area contributed by atoms with Gasteiger partial charge in [-0.1, -0.05) is 0 Å². The first-order valence-electron chi connectivity index (χ1n) is 4.86. The average molecular weight is 230 g/mol. The molecule has 0 saturated carbocycles. The van der Waals surface area contributed by atoms with E-state index >= 15 is 0 Å². The molecule has 1 fully saturated rings. The highest BCUT2D eigenvalue weighted by Crippen LogP contribution is 2.17. The number of nitrogens with zero attached hydrogens (tertiary/aromatic N) is 2. The number of aromatic amines is 1. The molecular formula is C8H14N4O2S. The number of hydrogen-bond donors (Lipinski definition) is 2. The van der Waals surface area contributed by atoms with Crippen LogP contribution in [0.5, 0.6) is 0 Å². The smallest absolute Gasteiger partial charge is 0.260 e. The van der Waals surface area contributed by atoms with Crippen molar-refractivity contribution in [2.75, 3.05) is 13.1 Å². The highest BCUT2D eigenvalue weighted by molar-refractivity contribution is 7.89.